The normalized spacial score (nSPS) is 11.7. The molecule has 0 fully saturated rings. The second-order valence-corrected chi connectivity index (χ2v) is 6.69. The molecule has 1 aromatic heterocycles. The van der Waals surface area contributed by atoms with Crippen LogP contribution in [0.15, 0.2) is 54.1 Å². The number of allylic oxidation sites excluding steroid dienone is 2. The van der Waals surface area contributed by atoms with Crippen LogP contribution >= 0.6 is 0 Å². The molecule has 0 saturated heterocycles. The number of hydrogen-bond acceptors (Lipinski definition) is 4. The predicted octanol–water partition coefficient (Wildman–Crippen LogP) is 2.95. The Labute approximate surface area is 148 Å². The van der Waals surface area contributed by atoms with E-state index in [4.69, 9.17) is 0 Å². The fourth-order valence-corrected chi connectivity index (χ4v) is 2.72. The third-order valence-electron chi connectivity index (χ3n) is 3.75. The van der Waals surface area contributed by atoms with Gasteiger partial charge in [-0.3, -0.25) is 14.3 Å². The molecule has 0 amide bonds. The summed E-state index contributed by atoms with van der Waals surface area (Å²) in [6, 6.07) is 5.78. The zero-order valence-electron chi connectivity index (χ0n) is 15.2. The zero-order valence-corrected chi connectivity index (χ0v) is 15.2. The quantitative estimate of drug-likeness (QED) is 0.822. The summed E-state index contributed by atoms with van der Waals surface area (Å²) in [5.41, 5.74) is 2.16. The maximum absolute atomic E-state index is 12.3. The first-order valence-corrected chi connectivity index (χ1v) is 8.14. The number of rotatable bonds is 6. The summed E-state index contributed by atoms with van der Waals surface area (Å²) >= 11 is 0. The molecule has 0 atom stereocenters. The Morgan fingerprint density at radius 2 is 2.12 bits per heavy atom. The maximum Gasteiger partial charge on any atom is 0.276 e. The Hall–Kier alpha value is -2.66. The van der Waals surface area contributed by atoms with Crippen molar-refractivity contribution in [3.8, 4) is 5.69 Å². The van der Waals surface area contributed by atoms with Crippen molar-refractivity contribution in [2.24, 2.45) is 0 Å². The van der Waals surface area contributed by atoms with Gasteiger partial charge in [-0.2, -0.15) is 0 Å². The Morgan fingerprint density at radius 1 is 1.40 bits per heavy atom. The molecule has 1 aromatic carbocycles. The number of aromatic nitrogens is 2. The first kappa shape index (κ1) is 18.7. The molecule has 5 nitrogen and oxygen atoms in total. The van der Waals surface area contributed by atoms with Crippen LogP contribution in [0.1, 0.15) is 25.1 Å². The number of hydrogen-bond donors (Lipinski definition) is 1. The molecule has 0 radical (unpaired) electrons. The van der Waals surface area contributed by atoms with Gasteiger partial charge in [0.1, 0.15) is 5.69 Å². The average molecular weight is 339 g/mol. The van der Waals surface area contributed by atoms with Gasteiger partial charge in [0, 0.05) is 37.4 Å². The first-order valence-electron chi connectivity index (χ1n) is 8.14. The predicted molar refractivity (Wildman–Crippen MR) is 103 cm³/mol. The summed E-state index contributed by atoms with van der Waals surface area (Å²) in [5.74, 6) is 0. The molecule has 2 aromatic rings. The van der Waals surface area contributed by atoms with Gasteiger partial charge in [0.2, 0.25) is 0 Å². The third-order valence-corrected chi connectivity index (χ3v) is 3.75. The van der Waals surface area contributed by atoms with Crippen LogP contribution in [0.5, 0.6) is 0 Å². The van der Waals surface area contributed by atoms with Gasteiger partial charge in [-0.1, -0.05) is 24.8 Å². The zero-order chi connectivity index (χ0) is 18.6. The summed E-state index contributed by atoms with van der Waals surface area (Å²) in [6.45, 7) is 9.44. The Bertz CT molecular complexity index is 845. The van der Waals surface area contributed by atoms with E-state index in [1.54, 1.807) is 43.8 Å². The smallest absolute Gasteiger partial charge is 0.276 e. The second-order valence-electron chi connectivity index (χ2n) is 6.69. The number of nitrogens with zero attached hydrogens (tertiary/aromatic N) is 3. The fraction of sp³-hybridized carbons (Fsp3) is 0.300. The lowest BCUT2D eigenvalue weighted by Crippen LogP contribution is -2.36. The van der Waals surface area contributed by atoms with Crippen LogP contribution in [-0.2, 0) is 0 Å². The van der Waals surface area contributed by atoms with Crippen LogP contribution in [0.4, 0.5) is 5.69 Å². The van der Waals surface area contributed by atoms with E-state index in [1.165, 1.54) is 0 Å². The Morgan fingerprint density at radius 3 is 2.76 bits per heavy atom. The highest BCUT2D eigenvalue weighted by Crippen LogP contribution is 2.25. The van der Waals surface area contributed by atoms with Crippen LogP contribution < -0.4 is 10.5 Å². The lowest BCUT2D eigenvalue weighted by Gasteiger charge is -2.28. The molecule has 132 valence electrons. The highest BCUT2D eigenvalue weighted by molar-refractivity contribution is 5.70. The molecule has 0 spiro atoms. The first-order chi connectivity index (χ1) is 11.7. The minimum absolute atomic E-state index is 0.140. The van der Waals surface area contributed by atoms with E-state index in [2.05, 4.69) is 11.6 Å². The largest absolute Gasteiger partial charge is 0.389 e. The maximum atomic E-state index is 12.3. The molecule has 2 rings (SSSR count). The van der Waals surface area contributed by atoms with E-state index in [-0.39, 0.29) is 5.56 Å². The van der Waals surface area contributed by atoms with Crippen molar-refractivity contribution < 1.29 is 5.11 Å². The molecule has 0 aliphatic carbocycles. The van der Waals surface area contributed by atoms with E-state index < -0.39 is 5.60 Å². The average Bonchev–Trinajstić information content (AvgIpc) is 2.53. The SMILES string of the molecule is C=C/C=C\c1cc(-n2ccnc(C)c2=O)ccc1N(C)CC(C)(C)O. The third kappa shape index (κ3) is 4.67. The molecule has 0 bridgehead atoms. The van der Waals surface area contributed by atoms with E-state index in [1.807, 2.05) is 42.3 Å². The Kier molecular flexibility index (Phi) is 5.59. The second kappa shape index (κ2) is 7.49. The van der Waals surface area contributed by atoms with Crippen molar-refractivity contribution >= 4 is 11.8 Å². The van der Waals surface area contributed by atoms with E-state index in [9.17, 15) is 9.90 Å². The monoisotopic (exact) mass is 339 g/mol. The molecular weight excluding hydrogens is 314 g/mol. The van der Waals surface area contributed by atoms with Crippen molar-refractivity contribution in [3.63, 3.8) is 0 Å². The molecule has 25 heavy (non-hydrogen) atoms. The lowest BCUT2D eigenvalue weighted by molar-refractivity contribution is 0.0886. The molecule has 0 saturated carbocycles. The minimum atomic E-state index is -0.813. The van der Waals surface area contributed by atoms with Crippen molar-refractivity contribution in [2.45, 2.75) is 26.4 Å². The highest BCUT2D eigenvalue weighted by Gasteiger charge is 2.17. The summed E-state index contributed by atoms with van der Waals surface area (Å²) in [7, 11) is 1.93. The number of aliphatic hydroxyl groups is 1. The fourth-order valence-electron chi connectivity index (χ4n) is 2.72. The van der Waals surface area contributed by atoms with Crippen LogP contribution in [-0.4, -0.2) is 33.9 Å². The summed E-state index contributed by atoms with van der Waals surface area (Å²) in [5, 5.41) is 10.1. The van der Waals surface area contributed by atoms with E-state index in [0.717, 1.165) is 16.9 Å². The molecule has 0 aliphatic heterocycles. The van der Waals surface area contributed by atoms with Gasteiger partial charge in [-0.05, 0) is 44.5 Å². The number of benzene rings is 1. The van der Waals surface area contributed by atoms with Gasteiger partial charge in [0.25, 0.3) is 5.56 Å². The van der Waals surface area contributed by atoms with Crippen molar-refractivity contribution in [1.29, 1.82) is 0 Å². The topological polar surface area (TPSA) is 58.4 Å². The summed E-state index contributed by atoms with van der Waals surface area (Å²) < 4.78 is 1.58. The molecule has 5 heteroatoms. The number of anilines is 1. The molecular formula is C20H25N3O2. The van der Waals surface area contributed by atoms with Gasteiger partial charge in [0.05, 0.1) is 5.60 Å². The Balaban J connectivity index is 2.53. The van der Waals surface area contributed by atoms with Gasteiger partial charge in [-0.25, -0.2) is 0 Å². The minimum Gasteiger partial charge on any atom is -0.389 e. The summed E-state index contributed by atoms with van der Waals surface area (Å²) in [4.78, 5) is 18.3. The van der Waals surface area contributed by atoms with Crippen molar-refractivity contribution in [3.05, 3.63) is 70.9 Å². The summed E-state index contributed by atoms with van der Waals surface area (Å²) in [6.07, 6.45) is 8.76. The van der Waals surface area contributed by atoms with Crippen molar-refractivity contribution in [1.82, 2.24) is 9.55 Å². The van der Waals surface area contributed by atoms with Crippen LogP contribution in [0.3, 0.4) is 0 Å². The van der Waals surface area contributed by atoms with Gasteiger partial charge < -0.3 is 10.0 Å². The molecule has 1 heterocycles. The van der Waals surface area contributed by atoms with Crippen LogP contribution in [0, 0.1) is 6.92 Å². The number of aryl methyl sites for hydroxylation is 1. The van der Waals surface area contributed by atoms with E-state index in [0.29, 0.717) is 12.2 Å². The molecule has 0 unspecified atom stereocenters. The van der Waals surface area contributed by atoms with Gasteiger partial charge in [0.15, 0.2) is 0 Å². The van der Waals surface area contributed by atoms with Crippen LogP contribution in [0.2, 0.25) is 0 Å². The van der Waals surface area contributed by atoms with Crippen molar-refractivity contribution in [2.75, 3.05) is 18.5 Å². The van der Waals surface area contributed by atoms with Crippen LogP contribution in [0.25, 0.3) is 11.8 Å². The molecule has 1 N–H and O–H groups in total. The van der Waals surface area contributed by atoms with E-state index >= 15 is 0 Å². The molecule has 0 aliphatic rings. The van der Waals surface area contributed by atoms with Gasteiger partial charge >= 0.3 is 0 Å². The number of likely N-dealkylation sites (N-methyl/N-ethyl adjacent to an activating group) is 1. The van der Waals surface area contributed by atoms with Gasteiger partial charge in [-0.15, -0.1) is 0 Å². The highest BCUT2D eigenvalue weighted by atomic mass is 16.3. The lowest BCUT2D eigenvalue weighted by atomic mass is 10.1. The standard InChI is InChI=1S/C20H25N3O2/c1-6-7-8-16-13-17(23-12-11-21-15(2)19(23)24)9-10-18(16)22(5)14-20(3,4)25/h6-13,25H,1,14H2,2-5H3/b8-7-.